The van der Waals surface area contributed by atoms with Crippen molar-refractivity contribution < 1.29 is 4.79 Å². The summed E-state index contributed by atoms with van der Waals surface area (Å²) in [6.07, 6.45) is 0. The fourth-order valence-electron chi connectivity index (χ4n) is 1.59. The molecule has 0 unspecified atom stereocenters. The molecule has 0 aliphatic rings. The first kappa shape index (κ1) is 14.8. The van der Waals surface area contributed by atoms with Crippen LogP contribution in [0.5, 0.6) is 0 Å². The minimum absolute atomic E-state index is 0.127. The van der Waals surface area contributed by atoms with Crippen LogP contribution in [0.4, 0.5) is 10.7 Å². The molecule has 1 heterocycles. The summed E-state index contributed by atoms with van der Waals surface area (Å²) in [5, 5.41) is 7.41. The summed E-state index contributed by atoms with van der Waals surface area (Å²) in [4.78, 5) is 16.4. The average Bonchev–Trinajstić information content (AvgIpc) is 2.74. The molecule has 0 radical (unpaired) electrons. The Morgan fingerprint density at radius 1 is 1.35 bits per heavy atom. The van der Waals surface area contributed by atoms with E-state index < -0.39 is 0 Å². The molecule has 0 spiro atoms. The second-order valence-corrected chi connectivity index (χ2v) is 6.66. The third-order valence-electron chi connectivity index (χ3n) is 2.35. The number of hydrogen-bond acceptors (Lipinski definition) is 4. The molecule has 0 bridgehead atoms. The van der Waals surface area contributed by atoms with E-state index in [1.165, 1.54) is 11.3 Å². The Balaban J connectivity index is 2.16. The highest BCUT2D eigenvalue weighted by Gasteiger charge is 2.19. The predicted molar refractivity (Wildman–Crippen MR) is 84.9 cm³/mol. The molecule has 0 aliphatic heterocycles. The number of carbonyl (C=O) groups excluding carboxylic acids is 1. The van der Waals surface area contributed by atoms with Crippen LogP contribution in [0.1, 0.15) is 31.3 Å². The van der Waals surface area contributed by atoms with Crippen LogP contribution in [-0.4, -0.2) is 16.4 Å². The Morgan fingerprint density at radius 2 is 2.10 bits per heavy atom. The Labute approximate surface area is 127 Å². The van der Waals surface area contributed by atoms with Crippen LogP contribution in [0.15, 0.2) is 29.8 Å². The molecule has 0 saturated carbocycles. The number of rotatable bonds is 3. The van der Waals surface area contributed by atoms with Gasteiger partial charge in [0.05, 0.1) is 5.51 Å². The molecule has 106 valence electrons. The molecule has 2 N–H and O–H groups in total. The number of anilines is 2. The van der Waals surface area contributed by atoms with Crippen molar-refractivity contribution in [2.24, 2.45) is 0 Å². The summed E-state index contributed by atoms with van der Waals surface area (Å²) >= 11 is 7.30. The lowest BCUT2D eigenvalue weighted by Crippen LogP contribution is -2.27. The van der Waals surface area contributed by atoms with Gasteiger partial charge in [-0.2, -0.15) is 0 Å². The first-order valence-corrected chi connectivity index (χ1v) is 7.39. The topological polar surface area (TPSA) is 54.0 Å². The van der Waals surface area contributed by atoms with Crippen LogP contribution in [0.3, 0.4) is 0 Å². The van der Waals surface area contributed by atoms with Gasteiger partial charge in [0.15, 0.2) is 5.69 Å². The number of nitrogens with zero attached hydrogens (tertiary/aromatic N) is 1. The highest BCUT2D eigenvalue weighted by Crippen LogP contribution is 2.25. The third kappa shape index (κ3) is 3.95. The van der Waals surface area contributed by atoms with Crippen molar-refractivity contribution in [1.29, 1.82) is 0 Å². The third-order valence-corrected chi connectivity index (χ3v) is 3.33. The van der Waals surface area contributed by atoms with E-state index in [-0.39, 0.29) is 11.4 Å². The SMILES string of the molecule is CC(C)(C)Nc1scnc1C(=O)Nc1cccc(Cl)c1. The van der Waals surface area contributed by atoms with E-state index in [0.717, 1.165) is 5.00 Å². The Bertz CT molecular complexity index is 619. The molecule has 0 saturated heterocycles. The lowest BCUT2D eigenvalue weighted by Gasteiger charge is -2.21. The molecule has 1 aromatic heterocycles. The van der Waals surface area contributed by atoms with Crippen molar-refractivity contribution in [2.75, 3.05) is 10.6 Å². The Morgan fingerprint density at radius 3 is 2.75 bits per heavy atom. The maximum Gasteiger partial charge on any atom is 0.277 e. The molecule has 0 aliphatic carbocycles. The highest BCUT2D eigenvalue weighted by molar-refractivity contribution is 7.14. The van der Waals surface area contributed by atoms with E-state index in [4.69, 9.17) is 11.6 Å². The van der Waals surface area contributed by atoms with E-state index in [2.05, 4.69) is 15.6 Å². The first-order valence-electron chi connectivity index (χ1n) is 6.14. The summed E-state index contributed by atoms with van der Waals surface area (Å²) < 4.78 is 0. The standard InChI is InChI=1S/C14H16ClN3OS/c1-14(2,3)18-13-11(16-8-20-13)12(19)17-10-6-4-5-9(15)7-10/h4-8,18H,1-3H3,(H,17,19). The van der Waals surface area contributed by atoms with Gasteiger partial charge in [0.2, 0.25) is 0 Å². The number of amides is 1. The molecular formula is C14H16ClN3OS. The van der Waals surface area contributed by atoms with Crippen LogP contribution in [0.2, 0.25) is 5.02 Å². The van der Waals surface area contributed by atoms with E-state index in [1.54, 1.807) is 29.8 Å². The van der Waals surface area contributed by atoms with E-state index in [9.17, 15) is 4.79 Å². The number of carbonyl (C=O) groups is 1. The summed E-state index contributed by atoms with van der Waals surface area (Å²) in [7, 11) is 0. The monoisotopic (exact) mass is 309 g/mol. The van der Waals surface area contributed by atoms with Crippen LogP contribution in [0.25, 0.3) is 0 Å². The lowest BCUT2D eigenvalue weighted by molar-refractivity contribution is 0.102. The zero-order valence-electron chi connectivity index (χ0n) is 11.5. The number of hydrogen-bond donors (Lipinski definition) is 2. The zero-order valence-corrected chi connectivity index (χ0v) is 13.1. The molecule has 20 heavy (non-hydrogen) atoms. The van der Waals surface area contributed by atoms with E-state index in [0.29, 0.717) is 16.4 Å². The van der Waals surface area contributed by atoms with Gasteiger partial charge in [0.25, 0.3) is 5.91 Å². The van der Waals surface area contributed by atoms with Crippen LogP contribution >= 0.6 is 22.9 Å². The van der Waals surface area contributed by atoms with Crippen molar-refractivity contribution >= 4 is 39.5 Å². The molecule has 1 aromatic carbocycles. The fraction of sp³-hybridized carbons (Fsp3) is 0.286. The number of thiazole rings is 1. The van der Waals surface area contributed by atoms with E-state index in [1.807, 2.05) is 20.8 Å². The second-order valence-electron chi connectivity index (χ2n) is 5.37. The van der Waals surface area contributed by atoms with Gasteiger partial charge >= 0.3 is 0 Å². The van der Waals surface area contributed by atoms with Gasteiger partial charge in [-0.25, -0.2) is 4.98 Å². The normalized spacial score (nSPS) is 11.2. The van der Waals surface area contributed by atoms with E-state index >= 15 is 0 Å². The van der Waals surface area contributed by atoms with Gasteiger partial charge in [-0.1, -0.05) is 17.7 Å². The molecule has 0 atom stereocenters. The van der Waals surface area contributed by atoms with Gasteiger partial charge in [-0.15, -0.1) is 11.3 Å². The van der Waals surface area contributed by atoms with Crippen molar-refractivity contribution in [1.82, 2.24) is 4.98 Å². The minimum atomic E-state index is -0.250. The van der Waals surface area contributed by atoms with Crippen molar-refractivity contribution in [2.45, 2.75) is 26.3 Å². The maximum absolute atomic E-state index is 12.2. The minimum Gasteiger partial charge on any atom is -0.370 e. The van der Waals surface area contributed by atoms with Crippen molar-refractivity contribution in [3.05, 3.63) is 40.5 Å². The lowest BCUT2D eigenvalue weighted by atomic mass is 10.1. The summed E-state index contributed by atoms with van der Waals surface area (Å²) in [5.41, 5.74) is 2.57. The quantitative estimate of drug-likeness (QED) is 0.890. The smallest absolute Gasteiger partial charge is 0.277 e. The van der Waals surface area contributed by atoms with Crippen molar-refractivity contribution in [3.63, 3.8) is 0 Å². The average molecular weight is 310 g/mol. The van der Waals surface area contributed by atoms with Gasteiger partial charge in [-0.05, 0) is 39.0 Å². The van der Waals surface area contributed by atoms with Crippen LogP contribution in [-0.2, 0) is 0 Å². The van der Waals surface area contributed by atoms with Gasteiger partial charge in [-0.3, -0.25) is 4.79 Å². The molecule has 1 amide bonds. The van der Waals surface area contributed by atoms with Crippen LogP contribution in [0, 0.1) is 0 Å². The zero-order chi connectivity index (χ0) is 14.8. The molecule has 2 aromatic rings. The number of halogens is 1. The molecular weight excluding hydrogens is 294 g/mol. The van der Waals surface area contributed by atoms with Gasteiger partial charge in [0, 0.05) is 16.2 Å². The maximum atomic E-state index is 12.2. The number of nitrogens with one attached hydrogen (secondary N) is 2. The largest absolute Gasteiger partial charge is 0.370 e. The Hall–Kier alpha value is -1.59. The van der Waals surface area contributed by atoms with Gasteiger partial charge < -0.3 is 10.6 Å². The number of benzene rings is 1. The molecule has 4 nitrogen and oxygen atoms in total. The summed E-state index contributed by atoms with van der Waals surface area (Å²) in [6, 6.07) is 7.02. The molecule has 6 heteroatoms. The molecule has 2 rings (SSSR count). The highest BCUT2D eigenvalue weighted by atomic mass is 35.5. The van der Waals surface area contributed by atoms with Crippen molar-refractivity contribution in [3.8, 4) is 0 Å². The molecule has 0 fully saturated rings. The fourth-order valence-corrected chi connectivity index (χ4v) is 2.67. The summed E-state index contributed by atoms with van der Waals surface area (Å²) in [6.45, 7) is 6.10. The predicted octanol–water partition coefficient (Wildman–Crippen LogP) is 4.26. The Kier molecular flexibility index (Phi) is 4.30. The van der Waals surface area contributed by atoms with Gasteiger partial charge in [0.1, 0.15) is 5.00 Å². The second kappa shape index (κ2) is 5.81. The number of aromatic nitrogens is 1. The first-order chi connectivity index (χ1) is 9.35. The van der Waals surface area contributed by atoms with Crippen LogP contribution < -0.4 is 10.6 Å². The summed E-state index contributed by atoms with van der Waals surface area (Å²) in [5.74, 6) is -0.250.